The van der Waals surface area contributed by atoms with Gasteiger partial charge in [0.15, 0.2) is 0 Å². The van der Waals surface area contributed by atoms with E-state index in [2.05, 4.69) is 4.74 Å². The van der Waals surface area contributed by atoms with E-state index in [9.17, 15) is 17.6 Å². The molecule has 92 valence electrons. The van der Waals surface area contributed by atoms with Crippen LogP contribution in [0.1, 0.15) is 11.1 Å². The number of hydrogen-bond acceptors (Lipinski definition) is 4. The molecule has 0 saturated heterocycles. The van der Waals surface area contributed by atoms with Crippen molar-refractivity contribution in [1.29, 1.82) is 0 Å². The van der Waals surface area contributed by atoms with E-state index in [1.807, 2.05) is 0 Å². The Balaban J connectivity index is 3.77. The molecule has 0 atom stereocenters. The fourth-order valence-electron chi connectivity index (χ4n) is 1.59. The summed E-state index contributed by atoms with van der Waals surface area (Å²) in [7, 11) is -3.40. The zero-order valence-electron chi connectivity index (χ0n) is 9.44. The molecule has 0 radical (unpaired) electrons. The summed E-state index contributed by atoms with van der Waals surface area (Å²) in [6.45, 7) is 2.91. The van der Waals surface area contributed by atoms with Crippen LogP contribution in [-0.2, 0) is 14.9 Å². The predicted octanol–water partition coefficient (Wildman–Crippen LogP) is -0.517. The summed E-state index contributed by atoms with van der Waals surface area (Å²) < 4.78 is 49.4. The van der Waals surface area contributed by atoms with E-state index in [4.69, 9.17) is 4.55 Å². The minimum absolute atomic E-state index is 0.00690. The third-order valence-corrected chi connectivity index (χ3v) is 3.54. The minimum Gasteiger partial charge on any atom is -0.429 e. The van der Waals surface area contributed by atoms with Gasteiger partial charge in [-0.15, -0.1) is 0 Å². The summed E-state index contributed by atoms with van der Waals surface area (Å²) >= 11 is 0. The molecule has 0 aliphatic rings. The fraction of sp³-hybridized carbons (Fsp3) is 0.222. The van der Waals surface area contributed by atoms with Crippen LogP contribution >= 0.6 is 0 Å². The van der Waals surface area contributed by atoms with Gasteiger partial charge in [-0.1, -0.05) is 0 Å². The van der Waals surface area contributed by atoms with E-state index in [1.54, 1.807) is 0 Å². The van der Waals surface area contributed by atoms with Crippen LogP contribution in [-0.4, -0.2) is 27.3 Å². The Morgan fingerprint density at radius 3 is 2.29 bits per heavy atom. The van der Waals surface area contributed by atoms with E-state index in [-0.39, 0.29) is 28.8 Å². The van der Waals surface area contributed by atoms with Crippen molar-refractivity contribution in [3.05, 3.63) is 16.9 Å². The smallest absolute Gasteiger partial charge is 0.298 e. The fourth-order valence-corrected chi connectivity index (χ4v) is 2.51. The van der Waals surface area contributed by atoms with Gasteiger partial charge in [0.2, 0.25) is 0 Å². The first kappa shape index (κ1) is 13.7. The van der Waals surface area contributed by atoms with E-state index in [1.165, 1.54) is 21.7 Å². The standard InChI is InChI=1S/C9H10BFO5S/c1-4-5(2)9(17(13,14)15)7(11)6(10)8(4)16-3-12/h3H,10H2,1-2H3,(H,13,14,15). The summed E-state index contributed by atoms with van der Waals surface area (Å²) in [6, 6.07) is 0. The number of carbonyl (C=O) groups is 1. The van der Waals surface area contributed by atoms with Gasteiger partial charge in [-0.25, -0.2) is 4.39 Å². The summed E-state index contributed by atoms with van der Waals surface area (Å²) in [5, 5.41) is 0. The van der Waals surface area contributed by atoms with Crippen molar-refractivity contribution in [2.45, 2.75) is 18.7 Å². The molecule has 1 rings (SSSR count). The number of rotatable bonds is 3. The van der Waals surface area contributed by atoms with Gasteiger partial charge in [0.1, 0.15) is 24.3 Å². The largest absolute Gasteiger partial charge is 0.429 e. The molecule has 0 saturated carbocycles. The molecule has 8 heteroatoms. The molecule has 0 bridgehead atoms. The molecule has 0 fully saturated rings. The molecule has 0 aliphatic carbocycles. The van der Waals surface area contributed by atoms with Crippen molar-refractivity contribution >= 4 is 29.9 Å². The second-order valence-electron chi connectivity index (χ2n) is 3.54. The number of ether oxygens (including phenoxy) is 1. The van der Waals surface area contributed by atoms with Gasteiger partial charge in [-0.05, 0) is 30.4 Å². The number of halogens is 1. The molecular formula is C9H10BFO5S. The summed E-state index contributed by atoms with van der Waals surface area (Å²) in [6.07, 6.45) is 0. The van der Waals surface area contributed by atoms with Crippen LogP contribution in [0.4, 0.5) is 4.39 Å². The van der Waals surface area contributed by atoms with Crippen LogP contribution < -0.4 is 10.2 Å². The molecule has 0 aromatic heterocycles. The topological polar surface area (TPSA) is 80.7 Å². The SMILES string of the molecule is Bc1c(F)c(S(=O)(=O)O)c(C)c(C)c1OC=O. The molecule has 0 heterocycles. The Kier molecular flexibility index (Phi) is 3.58. The van der Waals surface area contributed by atoms with Crippen LogP contribution in [0.15, 0.2) is 4.90 Å². The predicted molar refractivity (Wildman–Crippen MR) is 60.6 cm³/mol. The summed E-state index contributed by atoms with van der Waals surface area (Å²) in [4.78, 5) is 9.48. The lowest BCUT2D eigenvalue weighted by Crippen LogP contribution is -2.21. The maximum Gasteiger partial charge on any atom is 0.298 e. The first-order valence-corrected chi connectivity index (χ1v) is 6.02. The van der Waals surface area contributed by atoms with Crippen LogP contribution in [0.5, 0.6) is 5.75 Å². The van der Waals surface area contributed by atoms with Crippen LogP contribution in [0.2, 0.25) is 0 Å². The summed E-state index contributed by atoms with van der Waals surface area (Å²) in [5.41, 5.74) is 0.143. The normalized spacial score (nSPS) is 11.3. The van der Waals surface area contributed by atoms with Gasteiger partial charge >= 0.3 is 0 Å². The lowest BCUT2D eigenvalue weighted by atomic mass is 9.90. The first-order chi connectivity index (χ1) is 7.71. The Hall–Kier alpha value is -1.41. The number of benzene rings is 1. The summed E-state index contributed by atoms with van der Waals surface area (Å²) in [5.74, 6) is -1.16. The Morgan fingerprint density at radius 1 is 1.35 bits per heavy atom. The first-order valence-electron chi connectivity index (χ1n) is 4.58. The molecule has 0 spiro atoms. The molecule has 0 amide bonds. The second kappa shape index (κ2) is 4.46. The van der Waals surface area contributed by atoms with E-state index in [0.717, 1.165) is 0 Å². The van der Waals surface area contributed by atoms with E-state index < -0.39 is 20.8 Å². The van der Waals surface area contributed by atoms with Gasteiger partial charge in [-0.3, -0.25) is 9.35 Å². The van der Waals surface area contributed by atoms with Gasteiger partial charge < -0.3 is 4.74 Å². The Bertz CT molecular complexity index is 553. The molecule has 1 aromatic carbocycles. The lowest BCUT2D eigenvalue weighted by Gasteiger charge is -2.14. The molecule has 0 aliphatic heterocycles. The average molecular weight is 260 g/mol. The molecule has 0 unspecified atom stereocenters. The number of carbonyl (C=O) groups excluding carboxylic acids is 1. The second-order valence-corrected chi connectivity index (χ2v) is 4.89. The van der Waals surface area contributed by atoms with Crippen LogP contribution in [0.25, 0.3) is 0 Å². The molecular weight excluding hydrogens is 250 g/mol. The highest BCUT2D eigenvalue weighted by molar-refractivity contribution is 7.86. The van der Waals surface area contributed by atoms with Crippen molar-refractivity contribution < 1.29 is 26.9 Å². The van der Waals surface area contributed by atoms with E-state index >= 15 is 0 Å². The molecule has 5 nitrogen and oxygen atoms in total. The maximum atomic E-state index is 13.8. The zero-order valence-corrected chi connectivity index (χ0v) is 10.3. The molecule has 1 N–H and O–H groups in total. The average Bonchev–Trinajstić information content (AvgIpc) is 2.20. The Labute approximate surface area is 98.7 Å². The Morgan fingerprint density at radius 2 is 1.88 bits per heavy atom. The minimum atomic E-state index is -4.66. The quantitative estimate of drug-likeness (QED) is 0.449. The van der Waals surface area contributed by atoms with Crippen molar-refractivity contribution in [3.8, 4) is 5.75 Å². The monoisotopic (exact) mass is 260 g/mol. The highest BCUT2D eigenvalue weighted by atomic mass is 32.2. The highest BCUT2D eigenvalue weighted by Crippen LogP contribution is 2.27. The number of hydrogen-bond donors (Lipinski definition) is 1. The van der Waals surface area contributed by atoms with Gasteiger partial charge in [-0.2, -0.15) is 8.42 Å². The van der Waals surface area contributed by atoms with E-state index in [0.29, 0.717) is 0 Å². The van der Waals surface area contributed by atoms with Crippen molar-refractivity contribution in [2.24, 2.45) is 0 Å². The highest BCUT2D eigenvalue weighted by Gasteiger charge is 2.25. The molecule has 1 aromatic rings. The third kappa shape index (κ3) is 2.32. The molecule has 17 heavy (non-hydrogen) atoms. The van der Waals surface area contributed by atoms with Crippen LogP contribution in [0.3, 0.4) is 0 Å². The third-order valence-electron chi connectivity index (χ3n) is 2.54. The zero-order chi connectivity index (χ0) is 13.4. The van der Waals surface area contributed by atoms with Crippen molar-refractivity contribution in [1.82, 2.24) is 0 Å². The van der Waals surface area contributed by atoms with Crippen LogP contribution in [0, 0.1) is 19.7 Å². The van der Waals surface area contributed by atoms with Gasteiger partial charge in [0, 0.05) is 0 Å². The van der Waals surface area contributed by atoms with Crippen molar-refractivity contribution in [2.75, 3.05) is 0 Å². The maximum absolute atomic E-state index is 13.8. The van der Waals surface area contributed by atoms with Gasteiger partial charge in [0.25, 0.3) is 16.6 Å². The van der Waals surface area contributed by atoms with Gasteiger partial charge in [0.05, 0.1) is 0 Å². The van der Waals surface area contributed by atoms with Crippen molar-refractivity contribution in [3.63, 3.8) is 0 Å². The lowest BCUT2D eigenvalue weighted by molar-refractivity contribution is -0.120.